The van der Waals surface area contributed by atoms with E-state index in [1.807, 2.05) is 0 Å². The zero-order valence-electron chi connectivity index (χ0n) is 9.94. The zero-order valence-corrected chi connectivity index (χ0v) is 10.8. The molecule has 0 saturated heterocycles. The van der Waals surface area contributed by atoms with Crippen LogP contribution in [0.3, 0.4) is 0 Å². The van der Waals surface area contributed by atoms with Crippen molar-refractivity contribution < 1.29 is 17.9 Å². The number of aliphatic hydroxyl groups is 1. The molecule has 1 atom stereocenters. The van der Waals surface area contributed by atoms with Gasteiger partial charge in [0.1, 0.15) is 5.82 Å². The third kappa shape index (κ3) is 3.49. The molecule has 2 N–H and O–H groups in total. The Bertz CT molecular complexity index is 497. The molecule has 17 heavy (non-hydrogen) atoms. The highest BCUT2D eigenvalue weighted by Crippen LogP contribution is 2.16. The molecule has 0 saturated carbocycles. The van der Waals surface area contributed by atoms with Gasteiger partial charge in [-0.3, -0.25) is 0 Å². The Kier molecular flexibility index (Phi) is 3.91. The predicted molar refractivity (Wildman–Crippen MR) is 62.5 cm³/mol. The van der Waals surface area contributed by atoms with E-state index in [4.69, 9.17) is 0 Å². The van der Waals surface area contributed by atoms with E-state index >= 15 is 0 Å². The summed E-state index contributed by atoms with van der Waals surface area (Å²) in [7, 11) is -3.84. The number of rotatable bonds is 4. The van der Waals surface area contributed by atoms with Gasteiger partial charge in [-0.05, 0) is 39.0 Å². The van der Waals surface area contributed by atoms with E-state index in [9.17, 15) is 17.9 Å². The van der Waals surface area contributed by atoms with Crippen LogP contribution in [0.15, 0.2) is 29.2 Å². The predicted octanol–water partition coefficient (Wildman–Crippen LogP) is 1.26. The first-order valence-electron chi connectivity index (χ1n) is 5.13. The second-order valence-electron chi connectivity index (χ2n) is 4.46. The third-order valence-electron chi connectivity index (χ3n) is 2.55. The summed E-state index contributed by atoms with van der Waals surface area (Å²) in [4.78, 5) is -0.161. The molecule has 96 valence electrons. The van der Waals surface area contributed by atoms with E-state index in [1.54, 1.807) is 13.8 Å². The fourth-order valence-electron chi connectivity index (χ4n) is 1.12. The average Bonchev–Trinajstić information content (AvgIpc) is 2.15. The second kappa shape index (κ2) is 4.72. The van der Waals surface area contributed by atoms with Gasteiger partial charge < -0.3 is 5.11 Å². The molecule has 0 aromatic heterocycles. The number of benzene rings is 1. The minimum Gasteiger partial charge on any atom is -0.391 e. The highest BCUT2D eigenvalue weighted by Gasteiger charge is 2.30. The molecule has 1 rings (SSSR count). The molecule has 0 radical (unpaired) electrons. The van der Waals surface area contributed by atoms with Gasteiger partial charge in [-0.1, -0.05) is 6.07 Å². The molecule has 0 heterocycles. The van der Waals surface area contributed by atoms with Gasteiger partial charge in [0.15, 0.2) is 0 Å². The Labute approximate surface area is 101 Å². The first kappa shape index (κ1) is 14.1. The van der Waals surface area contributed by atoms with Gasteiger partial charge in [-0.15, -0.1) is 0 Å². The lowest BCUT2D eigenvalue weighted by Crippen LogP contribution is -2.50. The lowest BCUT2D eigenvalue weighted by molar-refractivity contribution is 0.111. The van der Waals surface area contributed by atoms with Gasteiger partial charge >= 0.3 is 0 Å². The summed E-state index contributed by atoms with van der Waals surface area (Å²) in [6, 6.07) is 4.71. The van der Waals surface area contributed by atoms with Crippen molar-refractivity contribution >= 4 is 10.0 Å². The SMILES string of the molecule is CC(O)C(C)(C)NS(=O)(=O)c1cccc(F)c1. The van der Waals surface area contributed by atoms with Crippen molar-refractivity contribution in [3.8, 4) is 0 Å². The average molecular weight is 261 g/mol. The molecule has 4 nitrogen and oxygen atoms in total. The molecule has 1 aromatic rings. The lowest BCUT2D eigenvalue weighted by Gasteiger charge is -2.28. The van der Waals surface area contributed by atoms with Crippen LogP contribution in [0.4, 0.5) is 4.39 Å². The van der Waals surface area contributed by atoms with E-state index in [0.29, 0.717) is 0 Å². The summed E-state index contributed by atoms with van der Waals surface area (Å²) < 4.78 is 39.1. The van der Waals surface area contributed by atoms with Gasteiger partial charge in [0.25, 0.3) is 0 Å². The molecular weight excluding hydrogens is 245 g/mol. The summed E-state index contributed by atoms with van der Waals surface area (Å²) in [6.07, 6.45) is -0.870. The van der Waals surface area contributed by atoms with Crippen LogP contribution in [-0.2, 0) is 10.0 Å². The van der Waals surface area contributed by atoms with Crippen molar-refractivity contribution in [2.75, 3.05) is 0 Å². The number of hydrogen-bond donors (Lipinski definition) is 2. The second-order valence-corrected chi connectivity index (χ2v) is 6.14. The van der Waals surface area contributed by atoms with Gasteiger partial charge in [-0.2, -0.15) is 0 Å². The number of halogens is 1. The maximum atomic E-state index is 12.9. The number of hydrogen-bond acceptors (Lipinski definition) is 3. The Morgan fingerprint density at radius 2 is 2.00 bits per heavy atom. The van der Waals surface area contributed by atoms with Crippen molar-refractivity contribution in [1.29, 1.82) is 0 Å². The van der Waals surface area contributed by atoms with Gasteiger partial charge in [-0.25, -0.2) is 17.5 Å². The first-order chi connectivity index (χ1) is 7.65. The Hall–Kier alpha value is -0.980. The minimum atomic E-state index is -3.84. The Morgan fingerprint density at radius 3 is 2.47 bits per heavy atom. The van der Waals surface area contributed by atoms with E-state index in [0.717, 1.165) is 6.07 Å². The smallest absolute Gasteiger partial charge is 0.241 e. The Morgan fingerprint density at radius 1 is 1.41 bits per heavy atom. The summed E-state index contributed by atoms with van der Waals surface area (Å²) in [6.45, 7) is 4.58. The van der Waals surface area contributed by atoms with Crippen LogP contribution in [0.5, 0.6) is 0 Å². The normalized spacial score (nSPS) is 14.6. The molecule has 6 heteroatoms. The lowest BCUT2D eigenvalue weighted by atomic mass is 10.0. The van der Waals surface area contributed by atoms with Crippen LogP contribution in [0, 0.1) is 5.82 Å². The molecule has 0 aliphatic carbocycles. The van der Waals surface area contributed by atoms with Gasteiger partial charge in [0.05, 0.1) is 16.5 Å². The molecule has 0 aliphatic rings. The minimum absolute atomic E-state index is 0.161. The highest BCUT2D eigenvalue weighted by atomic mass is 32.2. The summed E-state index contributed by atoms with van der Waals surface area (Å²) in [5.74, 6) is -0.622. The molecule has 0 bridgehead atoms. The van der Waals surface area contributed by atoms with Crippen LogP contribution < -0.4 is 4.72 Å². The van der Waals surface area contributed by atoms with Crippen LogP contribution in [0.25, 0.3) is 0 Å². The maximum absolute atomic E-state index is 12.9. The van der Waals surface area contributed by atoms with Gasteiger partial charge in [0, 0.05) is 0 Å². The monoisotopic (exact) mass is 261 g/mol. The molecule has 0 fully saturated rings. The fraction of sp³-hybridized carbons (Fsp3) is 0.455. The standard InChI is InChI=1S/C11H16FNO3S/c1-8(14)11(2,3)13-17(15,16)10-6-4-5-9(12)7-10/h4-8,13-14H,1-3H3. The molecule has 1 unspecified atom stereocenters. The highest BCUT2D eigenvalue weighted by molar-refractivity contribution is 7.89. The first-order valence-corrected chi connectivity index (χ1v) is 6.61. The quantitative estimate of drug-likeness (QED) is 0.857. The van der Waals surface area contributed by atoms with Crippen molar-refractivity contribution in [3.05, 3.63) is 30.1 Å². The molecule has 1 aromatic carbocycles. The van der Waals surface area contributed by atoms with Crippen molar-refractivity contribution in [3.63, 3.8) is 0 Å². The summed E-state index contributed by atoms with van der Waals surface area (Å²) >= 11 is 0. The van der Waals surface area contributed by atoms with E-state index in [-0.39, 0.29) is 4.90 Å². The molecule has 0 spiro atoms. The van der Waals surface area contributed by atoms with E-state index in [2.05, 4.69) is 4.72 Å². The van der Waals surface area contributed by atoms with Crippen LogP contribution >= 0.6 is 0 Å². The topological polar surface area (TPSA) is 66.4 Å². The Balaban J connectivity index is 3.06. The summed E-state index contributed by atoms with van der Waals surface area (Å²) in [5.41, 5.74) is -1.02. The van der Waals surface area contributed by atoms with E-state index < -0.39 is 27.5 Å². The maximum Gasteiger partial charge on any atom is 0.241 e. The third-order valence-corrected chi connectivity index (χ3v) is 4.22. The number of sulfonamides is 1. The molecule has 0 amide bonds. The van der Waals surface area contributed by atoms with Crippen molar-refractivity contribution in [1.82, 2.24) is 4.72 Å². The van der Waals surface area contributed by atoms with Crippen LogP contribution in [-0.4, -0.2) is 25.2 Å². The van der Waals surface area contributed by atoms with Gasteiger partial charge in [0.2, 0.25) is 10.0 Å². The largest absolute Gasteiger partial charge is 0.391 e. The van der Waals surface area contributed by atoms with Crippen molar-refractivity contribution in [2.45, 2.75) is 37.3 Å². The fourth-order valence-corrected chi connectivity index (χ4v) is 2.63. The van der Waals surface area contributed by atoms with Crippen molar-refractivity contribution in [2.24, 2.45) is 0 Å². The molecule has 0 aliphatic heterocycles. The number of nitrogens with one attached hydrogen (secondary N) is 1. The van der Waals surface area contributed by atoms with E-state index in [1.165, 1.54) is 25.1 Å². The summed E-state index contributed by atoms with van der Waals surface area (Å²) in [5, 5.41) is 9.44. The number of aliphatic hydroxyl groups excluding tert-OH is 1. The zero-order chi connectivity index (χ0) is 13.3. The molecular formula is C11H16FNO3S. The van der Waals surface area contributed by atoms with Crippen LogP contribution in [0.2, 0.25) is 0 Å². The van der Waals surface area contributed by atoms with Crippen LogP contribution in [0.1, 0.15) is 20.8 Å².